The fourth-order valence-corrected chi connectivity index (χ4v) is 7.74. The van der Waals surface area contributed by atoms with Crippen LogP contribution in [-0.4, -0.2) is 63.2 Å². The summed E-state index contributed by atoms with van der Waals surface area (Å²) in [6.07, 6.45) is 21.6. The number of nitrogens with zero attached hydrogens (tertiary/aromatic N) is 1. The highest BCUT2D eigenvalue weighted by Crippen LogP contribution is 2.42. The minimum absolute atomic E-state index is 0.104. The monoisotopic (exact) mass is 623 g/mol. The van der Waals surface area contributed by atoms with Gasteiger partial charge in [-0.05, 0) is 12.0 Å². The molecule has 0 aliphatic carbocycles. The molecule has 1 aromatic carbocycles. The van der Waals surface area contributed by atoms with Crippen molar-refractivity contribution in [3.63, 3.8) is 0 Å². The molecule has 0 radical (unpaired) electrons. The average Bonchev–Trinajstić information content (AvgIpc) is 3.51. The Bertz CT molecular complexity index is 888. The molecule has 5 unspecified atom stereocenters. The summed E-state index contributed by atoms with van der Waals surface area (Å²) in [5, 5.41) is 0. The smallest absolute Gasteiger partial charge is 0.267 e. The van der Waals surface area contributed by atoms with Crippen LogP contribution in [0.5, 0.6) is 0 Å². The van der Waals surface area contributed by atoms with Crippen molar-refractivity contribution in [1.82, 2.24) is 0 Å². The van der Waals surface area contributed by atoms with E-state index in [-0.39, 0.29) is 19.1 Å². The van der Waals surface area contributed by atoms with Gasteiger partial charge in [-0.2, -0.15) is 0 Å². The van der Waals surface area contributed by atoms with E-state index in [9.17, 15) is 9.46 Å². The highest BCUT2D eigenvalue weighted by molar-refractivity contribution is 7.45. The van der Waals surface area contributed by atoms with Crippen molar-refractivity contribution in [2.24, 2.45) is 5.92 Å². The normalized spacial score (nSPS) is 23.8. The number of rotatable bonds is 26. The summed E-state index contributed by atoms with van der Waals surface area (Å²) in [5.74, 6) is 0.264. The molecule has 2 heterocycles. The number of quaternary nitrogens is 1. The van der Waals surface area contributed by atoms with Crippen LogP contribution in [0.4, 0.5) is 0 Å². The van der Waals surface area contributed by atoms with E-state index in [4.69, 9.17) is 18.5 Å². The Morgan fingerprint density at radius 2 is 1.51 bits per heavy atom. The number of hydrogen-bond acceptors (Lipinski definition) is 6. The highest BCUT2D eigenvalue weighted by atomic mass is 31.2. The van der Waals surface area contributed by atoms with E-state index in [1.807, 2.05) is 30.3 Å². The molecule has 248 valence electrons. The van der Waals surface area contributed by atoms with Gasteiger partial charge in [-0.25, -0.2) is 0 Å². The first-order chi connectivity index (χ1) is 20.9. The molecule has 2 fully saturated rings. The first-order valence-corrected chi connectivity index (χ1v) is 19.0. The first kappa shape index (κ1) is 36.7. The summed E-state index contributed by atoms with van der Waals surface area (Å²) in [5.41, 5.74) is 1.03. The predicted octanol–water partition coefficient (Wildman–Crippen LogP) is 8.20. The molecule has 43 heavy (non-hydrogen) atoms. The Morgan fingerprint density at radius 1 is 0.884 bits per heavy atom. The predicted molar refractivity (Wildman–Crippen MR) is 173 cm³/mol. The quantitative estimate of drug-likeness (QED) is 0.0588. The Hall–Kier alpha value is -0.790. The minimum Gasteiger partial charge on any atom is -0.756 e. The molecule has 2 saturated heterocycles. The van der Waals surface area contributed by atoms with Gasteiger partial charge in [0.05, 0.1) is 52.6 Å². The van der Waals surface area contributed by atoms with Gasteiger partial charge >= 0.3 is 0 Å². The lowest BCUT2D eigenvalue weighted by atomic mass is 10.0. The third-order valence-corrected chi connectivity index (χ3v) is 10.5. The molecule has 0 amide bonds. The Labute approximate surface area is 263 Å². The lowest BCUT2D eigenvalue weighted by molar-refractivity contribution is -0.909. The van der Waals surface area contributed by atoms with Crippen LogP contribution in [0, 0.1) is 5.92 Å². The van der Waals surface area contributed by atoms with Crippen LogP contribution < -0.4 is 4.89 Å². The number of unbranched alkanes of at least 4 members (excludes halogenated alkanes) is 13. The number of phosphoric ester groups is 1. The zero-order valence-electron chi connectivity index (χ0n) is 27.4. The van der Waals surface area contributed by atoms with Gasteiger partial charge in [0.15, 0.2) is 0 Å². The Balaban J connectivity index is 1.25. The molecule has 0 aromatic heterocycles. The molecule has 5 atom stereocenters. The average molecular weight is 624 g/mol. The van der Waals surface area contributed by atoms with E-state index >= 15 is 0 Å². The lowest BCUT2D eigenvalue weighted by Gasteiger charge is -2.30. The molecule has 2 aliphatic heterocycles. The second-order valence-corrected chi connectivity index (χ2v) is 14.8. The first-order valence-electron chi connectivity index (χ1n) is 17.6. The molecule has 8 heteroatoms. The highest BCUT2D eigenvalue weighted by Gasteiger charge is 2.47. The molecule has 7 nitrogen and oxygen atoms in total. The van der Waals surface area contributed by atoms with E-state index in [1.54, 1.807) is 0 Å². The molecule has 0 N–H and O–H groups in total. The van der Waals surface area contributed by atoms with Crippen LogP contribution in [0.15, 0.2) is 30.3 Å². The van der Waals surface area contributed by atoms with Gasteiger partial charge in [0.1, 0.15) is 6.10 Å². The summed E-state index contributed by atoms with van der Waals surface area (Å²) < 4.78 is 36.2. The van der Waals surface area contributed by atoms with Crippen LogP contribution in [0.1, 0.15) is 122 Å². The standard InChI is InChI=1S/C35H62NO6P/c1-3-4-5-6-7-8-9-10-11-12-13-14-15-19-25-39-30-35(40-28-32-21-17-16-18-22-32)31-42-43(37,38)41-29-33-26-34-23-20-24-36(34,2)27-33/h16-18,21-22,33-35H,3-15,19-20,23-31H2,1-2H3. The number of fused-ring (bicyclic) bond motifs is 1. The van der Waals surface area contributed by atoms with Crippen molar-refractivity contribution in [3.8, 4) is 0 Å². The van der Waals surface area contributed by atoms with E-state index in [0.717, 1.165) is 35.9 Å². The number of phosphoric acid groups is 1. The van der Waals surface area contributed by atoms with Gasteiger partial charge in [0.2, 0.25) is 0 Å². The summed E-state index contributed by atoms with van der Waals surface area (Å²) >= 11 is 0. The second-order valence-electron chi connectivity index (χ2n) is 13.4. The van der Waals surface area contributed by atoms with Crippen LogP contribution in [-0.2, 0) is 29.7 Å². The van der Waals surface area contributed by atoms with Crippen molar-refractivity contribution < 1.29 is 32.5 Å². The van der Waals surface area contributed by atoms with Gasteiger partial charge in [-0.1, -0.05) is 121 Å². The minimum atomic E-state index is -4.42. The third-order valence-electron chi connectivity index (χ3n) is 9.53. The fourth-order valence-electron chi connectivity index (χ4n) is 6.92. The summed E-state index contributed by atoms with van der Waals surface area (Å²) in [6.45, 7) is 5.87. The molecular formula is C35H62NO6P. The van der Waals surface area contributed by atoms with Crippen molar-refractivity contribution in [3.05, 3.63) is 35.9 Å². The maximum Gasteiger partial charge on any atom is 0.267 e. The summed E-state index contributed by atoms with van der Waals surface area (Å²) in [7, 11) is -2.13. The van der Waals surface area contributed by atoms with Crippen molar-refractivity contribution >= 4 is 7.82 Å². The van der Waals surface area contributed by atoms with Crippen molar-refractivity contribution in [1.29, 1.82) is 0 Å². The number of benzene rings is 1. The van der Waals surface area contributed by atoms with E-state index in [1.165, 1.54) is 96.4 Å². The van der Waals surface area contributed by atoms with Gasteiger partial charge in [-0.3, -0.25) is 4.57 Å². The zero-order valence-corrected chi connectivity index (χ0v) is 28.3. The SMILES string of the molecule is CCCCCCCCCCCCCCCCOCC(COP(=O)([O-])OCC1CC2CCC[N+]2(C)C1)OCc1ccccc1. The molecular weight excluding hydrogens is 561 g/mol. The maximum absolute atomic E-state index is 12.6. The van der Waals surface area contributed by atoms with E-state index in [2.05, 4.69) is 14.0 Å². The second kappa shape index (κ2) is 21.1. The lowest BCUT2D eigenvalue weighted by Crippen LogP contribution is -2.43. The Kier molecular flexibility index (Phi) is 18.0. The fraction of sp³-hybridized carbons (Fsp3) is 0.829. The zero-order chi connectivity index (χ0) is 30.6. The summed E-state index contributed by atoms with van der Waals surface area (Å²) in [6, 6.07) is 10.5. The van der Waals surface area contributed by atoms with E-state index in [0.29, 0.717) is 25.9 Å². The van der Waals surface area contributed by atoms with Gasteiger partial charge in [0.25, 0.3) is 7.82 Å². The summed E-state index contributed by atoms with van der Waals surface area (Å²) in [4.78, 5) is 12.6. The number of hydrogen-bond donors (Lipinski definition) is 0. The molecule has 2 aliphatic rings. The van der Waals surface area contributed by atoms with Gasteiger partial charge in [-0.15, -0.1) is 0 Å². The van der Waals surface area contributed by atoms with Crippen LogP contribution in [0.25, 0.3) is 0 Å². The van der Waals surface area contributed by atoms with Crippen molar-refractivity contribution in [2.45, 2.75) is 135 Å². The Morgan fingerprint density at radius 3 is 2.14 bits per heavy atom. The van der Waals surface area contributed by atoms with Crippen LogP contribution in [0.2, 0.25) is 0 Å². The molecule has 3 rings (SSSR count). The van der Waals surface area contributed by atoms with Gasteiger partial charge in [0, 0.05) is 31.8 Å². The van der Waals surface area contributed by atoms with Crippen molar-refractivity contribution in [2.75, 3.05) is 46.6 Å². The van der Waals surface area contributed by atoms with Crippen LogP contribution in [0.3, 0.4) is 0 Å². The molecule has 1 aromatic rings. The largest absolute Gasteiger partial charge is 0.756 e. The van der Waals surface area contributed by atoms with Crippen LogP contribution >= 0.6 is 7.82 Å². The topological polar surface area (TPSA) is 77.1 Å². The maximum atomic E-state index is 12.6. The number of ether oxygens (including phenoxy) is 2. The third kappa shape index (κ3) is 15.4. The molecule has 0 saturated carbocycles. The molecule has 0 bridgehead atoms. The van der Waals surface area contributed by atoms with E-state index < -0.39 is 13.9 Å². The molecule has 0 spiro atoms. The van der Waals surface area contributed by atoms with Gasteiger partial charge < -0.3 is 27.9 Å².